The van der Waals surface area contributed by atoms with E-state index >= 15 is 0 Å². The molecule has 2 aromatic rings. The topological polar surface area (TPSA) is 71.8 Å². The van der Waals surface area contributed by atoms with Crippen LogP contribution in [0.4, 0.5) is 4.79 Å². The summed E-state index contributed by atoms with van der Waals surface area (Å²) in [6.45, 7) is 7.70. The molecule has 1 aliphatic heterocycles. The molecule has 0 unspecified atom stereocenters. The Labute approximate surface area is 142 Å². The van der Waals surface area contributed by atoms with Gasteiger partial charge in [-0.05, 0) is 17.4 Å². The normalized spacial score (nSPS) is 15.0. The number of rotatable bonds is 4. The van der Waals surface area contributed by atoms with E-state index in [-0.39, 0.29) is 17.5 Å². The summed E-state index contributed by atoms with van der Waals surface area (Å²) < 4.78 is 2.10. The van der Waals surface area contributed by atoms with Crippen LogP contribution in [0.1, 0.15) is 50.4 Å². The first-order chi connectivity index (χ1) is 11.4. The molecule has 0 spiro atoms. The summed E-state index contributed by atoms with van der Waals surface area (Å²) in [5, 5.41) is 14.3. The van der Waals surface area contributed by atoms with E-state index in [1.165, 1.54) is 0 Å². The third-order valence-corrected chi connectivity index (χ3v) is 4.37. The number of carbonyl (C=O) groups is 1. The van der Waals surface area contributed by atoms with Gasteiger partial charge >= 0.3 is 6.03 Å². The maximum Gasteiger partial charge on any atom is 0.315 e. The van der Waals surface area contributed by atoms with Gasteiger partial charge in [0.2, 0.25) is 0 Å². The van der Waals surface area contributed by atoms with Crippen LogP contribution in [-0.4, -0.2) is 20.8 Å². The molecule has 1 aromatic heterocycles. The van der Waals surface area contributed by atoms with Crippen molar-refractivity contribution in [3.05, 3.63) is 47.5 Å². The Balaban J connectivity index is 1.63. The van der Waals surface area contributed by atoms with Crippen LogP contribution < -0.4 is 10.6 Å². The van der Waals surface area contributed by atoms with Gasteiger partial charge in [0.05, 0.1) is 12.6 Å². The van der Waals surface area contributed by atoms with Gasteiger partial charge < -0.3 is 15.2 Å². The molecule has 24 heavy (non-hydrogen) atoms. The fourth-order valence-electron chi connectivity index (χ4n) is 3.13. The van der Waals surface area contributed by atoms with E-state index in [0.717, 1.165) is 36.6 Å². The van der Waals surface area contributed by atoms with Gasteiger partial charge in [0.1, 0.15) is 5.82 Å². The largest absolute Gasteiger partial charge is 0.331 e. The van der Waals surface area contributed by atoms with E-state index in [1.54, 1.807) is 0 Å². The Morgan fingerprint density at radius 2 is 2.00 bits per heavy atom. The lowest BCUT2D eigenvalue weighted by molar-refractivity contribution is 0.218. The number of amides is 2. The number of aromatic nitrogens is 3. The molecule has 2 N–H and O–H groups in total. The Bertz CT molecular complexity index is 702. The number of nitrogens with zero attached hydrogens (tertiary/aromatic N) is 3. The molecular weight excluding hydrogens is 302 g/mol. The van der Waals surface area contributed by atoms with Gasteiger partial charge in [-0.1, -0.05) is 51.1 Å². The summed E-state index contributed by atoms with van der Waals surface area (Å²) in [5.41, 5.74) is 1.01. The van der Waals surface area contributed by atoms with E-state index in [9.17, 15) is 4.79 Å². The number of hydrogen-bond donors (Lipinski definition) is 2. The van der Waals surface area contributed by atoms with Crippen LogP contribution in [0.3, 0.4) is 0 Å². The van der Waals surface area contributed by atoms with Crippen molar-refractivity contribution in [1.82, 2.24) is 25.4 Å². The lowest BCUT2D eigenvalue weighted by atomic mass is 9.82. The van der Waals surface area contributed by atoms with E-state index in [1.807, 2.05) is 30.3 Å². The maximum absolute atomic E-state index is 12.4. The first-order valence-corrected chi connectivity index (χ1v) is 8.45. The first-order valence-electron chi connectivity index (χ1n) is 8.45. The number of hydrogen-bond acceptors (Lipinski definition) is 3. The van der Waals surface area contributed by atoms with E-state index in [4.69, 9.17) is 0 Å². The number of nitrogens with one attached hydrogen (secondary N) is 2. The molecule has 2 amide bonds. The molecule has 0 radical (unpaired) electrons. The van der Waals surface area contributed by atoms with Crippen molar-refractivity contribution in [3.63, 3.8) is 0 Å². The van der Waals surface area contributed by atoms with E-state index in [0.29, 0.717) is 6.54 Å². The highest BCUT2D eigenvalue weighted by atomic mass is 16.2. The minimum atomic E-state index is -0.186. The number of aryl methyl sites for hydroxylation is 1. The molecule has 6 heteroatoms. The lowest BCUT2D eigenvalue weighted by Crippen LogP contribution is -2.42. The van der Waals surface area contributed by atoms with Gasteiger partial charge in [0.25, 0.3) is 0 Å². The zero-order valence-electron chi connectivity index (χ0n) is 14.5. The Kier molecular flexibility index (Phi) is 4.55. The molecule has 0 saturated heterocycles. The standard InChI is InChI=1S/C18H25N5O/c1-18(2,3)16(13-8-5-4-6-9-13)20-17(24)19-12-15-22-21-14-10-7-11-23(14)15/h4-6,8-9,16H,7,10-12H2,1-3H3,(H2,19,20,24)/t16-/m1/s1. The first kappa shape index (κ1) is 16.5. The molecule has 6 nitrogen and oxygen atoms in total. The number of fused-ring (bicyclic) bond motifs is 1. The average molecular weight is 327 g/mol. The summed E-state index contributed by atoms with van der Waals surface area (Å²) in [4.78, 5) is 12.4. The molecule has 1 aromatic carbocycles. The molecule has 128 valence electrons. The summed E-state index contributed by atoms with van der Waals surface area (Å²) in [6.07, 6.45) is 2.07. The Morgan fingerprint density at radius 3 is 2.71 bits per heavy atom. The molecule has 0 saturated carbocycles. The third-order valence-electron chi connectivity index (χ3n) is 4.37. The van der Waals surface area contributed by atoms with Crippen LogP contribution in [0.25, 0.3) is 0 Å². The van der Waals surface area contributed by atoms with Crippen molar-refractivity contribution in [2.45, 2.75) is 52.7 Å². The molecule has 2 heterocycles. The minimum absolute atomic E-state index is 0.0668. The summed E-state index contributed by atoms with van der Waals surface area (Å²) in [5.74, 6) is 1.84. The summed E-state index contributed by atoms with van der Waals surface area (Å²) in [7, 11) is 0. The fraction of sp³-hybridized carbons (Fsp3) is 0.500. The SMILES string of the molecule is CC(C)(C)[C@H](NC(=O)NCc1nnc2n1CCC2)c1ccccc1. The average Bonchev–Trinajstić information content (AvgIpc) is 3.14. The monoisotopic (exact) mass is 327 g/mol. The minimum Gasteiger partial charge on any atom is -0.331 e. The molecule has 1 aliphatic rings. The summed E-state index contributed by atoms with van der Waals surface area (Å²) >= 11 is 0. The smallest absolute Gasteiger partial charge is 0.315 e. The number of benzene rings is 1. The highest BCUT2D eigenvalue weighted by molar-refractivity contribution is 5.74. The van der Waals surface area contributed by atoms with Crippen molar-refractivity contribution < 1.29 is 4.79 Å². The van der Waals surface area contributed by atoms with Gasteiger partial charge in [-0.25, -0.2) is 4.79 Å². The van der Waals surface area contributed by atoms with Crippen LogP contribution in [-0.2, 0) is 19.5 Å². The van der Waals surface area contributed by atoms with E-state index in [2.05, 4.69) is 46.2 Å². The zero-order valence-corrected chi connectivity index (χ0v) is 14.5. The van der Waals surface area contributed by atoms with Gasteiger partial charge in [-0.2, -0.15) is 0 Å². The van der Waals surface area contributed by atoms with Crippen LogP contribution in [0, 0.1) is 5.41 Å². The quantitative estimate of drug-likeness (QED) is 0.907. The van der Waals surface area contributed by atoms with Gasteiger partial charge in [0, 0.05) is 13.0 Å². The van der Waals surface area contributed by atoms with Gasteiger partial charge in [-0.3, -0.25) is 0 Å². The zero-order chi connectivity index (χ0) is 17.2. The Morgan fingerprint density at radius 1 is 1.25 bits per heavy atom. The van der Waals surface area contributed by atoms with Crippen LogP contribution >= 0.6 is 0 Å². The predicted octanol–water partition coefficient (Wildman–Crippen LogP) is 2.81. The van der Waals surface area contributed by atoms with Crippen LogP contribution in [0.15, 0.2) is 30.3 Å². The van der Waals surface area contributed by atoms with Crippen molar-refractivity contribution >= 4 is 6.03 Å². The second-order valence-electron chi connectivity index (χ2n) is 7.32. The maximum atomic E-state index is 12.4. The third kappa shape index (κ3) is 3.58. The number of urea groups is 1. The van der Waals surface area contributed by atoms with Crippen molar-refractivity contribution in [1.29, 1.82) is 0 Å². The van der Waals surface area contributed by atoms with Crippen LogP contribution in [0.5, 0.6) is 0 Å². The van der Waals surface area contributed by atoms with Gasteiger partial charge in [-0.15, -0.1) is 10.2 Å². The van der Waals surface area contributed by atoms with Gasteiger partial charge in [0.15, 0.2) is 5.82 Å². The van der Waals surface area contributed by atoms with Crippen LogP contribution in [0.2, 0.25) is 0 Å². The second-order valence-corrected chi connectivity index (χ2v) is 7.32. The molecule has 3 rings (SSSR count). The summed E-state index contributed by atoms with van der Waals surface area (Å²) in [6, 6.07) is 9.80. The highest BCUT2D eigenvalue weighted by Gasteiger charge is 2.28. The second kappa shape index (κ2) is 6.63. The molecule has 1 atom stereocenters. The van der Waals surface area contributed by atoms with Crippen molar-refractivity contribution in [3.8, 4) is 0 Å². The van der Waals surface area contributed by atoms with Crippen molar-refractivity contribution in [2.24, 2.45) is 5.41 Å². The fourth-order valence-corrected chi connectivity index (χ4v) is 3.13. The lowest BCUT2D eigenvalue weighted by Gasteiger charge is -2.32. The van der Waals surface area contributed by atoms with E-state index < -0.39 is 0 Å². The predicted molar refractivity (Wildman–Crippen MR) is 92.4 cm³/mol. The molecular formula is C18H25N5O. The highest BCUT2D eigenvalue weighted by Crippen LogP contribution is 2.32. The molecule has 0 bridgehead atoms. The Hall–Kier alpha value is -2.37. The molecule has 0 fully saturated rings. The van der Waals surface area contributed by atoms with Crippen molar-refractivity contribution in [2.75, 3.05) is 0 Å². The molecule has 0 aliphatic carbocycles. The number of carbonyl (C=O) groups excluding carboxylic acids is 1.